The van der Waals surface area contributed by atoms with Gasteiger partial charge in [0, 0.05) is 24.2 Å². The second-order valence-electron chi connectivity index (χ2n) is 11.8. The summed E-state index contributed by atoms with van der Waals surface area (Å²) in [6.45, 7) is 6.93. The molecule has 1 saturated heterocycles. The maximum atomic E-state index is 13.6. The molecule has 7 nitrogen and oxygen atoms in total. The van der Waals surface area contributed by atoms with Crippen LogP contribution in [0.15, 0.2) is 23.8 Å². The zero-order valence-electron chi connectivity index (χ0n) is 20.3. The summed E-state index contributed by atoms with van der Waals surface area (Å²) >= 11 is 0. The van der Waals surface area contributed by atoms with E-state index in [4.69, 9.17) is 4.74 Å². The summed E-state index contributed by atoms with van der Waals surface area (Å²) < 4.78 is 5.39. The number of rotatable bonds is 3. The van der Waals surface area contributed by atoms with Crippen LogP contribution in [0.1, 0.15) is 53.4 Å². The van der Waals surface area contributed by atoms with Gasteiger partial charge in [0.1, 0.15) is 18.0 Å². The number of fused-ring (bicyclic) bond motifs is 5. The number of aliphatic hydroxyl groups is 3. The topological polar surface area (TPSA) is 121 Å². The summed E-state index contributed by atoms with van der Waals surface area (Å²) in [6.07, 6.45) is 4.37. The lowest BCUT2D eigenvalue weighted by Gasteiger charge is -2.52. The van der Waals surface area contributed by atoms with Gasteiger partial charge in [0.05, 0.1) is 23.0 Å². The van der Waals surface area contributed by atoms with Gasteiger partial charge in [-0.05, 0) is 56.9 Å². The monoisotopic (exact) mass is 472 g/mol. The van der Waals surface area contributed by atoms with Crippen LogP contribution in [-0.2, 0) is 19.1 Å². The van der Waals surface area contributed by atoms with E-state index < -0.39 is 53.1 Å². The molecule has 3 N–H and O–H groups in total. The Morgan fingerprint density at radius 2 is 1.91 bits per heavy atom. The van der Waals surface area contributed by atoms with Crippen molar-refractivity contribution in [2.45, 2.75) is 77.3 Å². The van der Waals surface area contributed by atoms with E-state index in [0.29, 0.717) is 6.42 Å². The zero-order chi connectivity index (χ0) is 24.7. The Morgan fingerprint density at radius 1 is 1.21 bits per heavy atom. The second-order valence-corrected chi connectivity index (χ2v) is 11.8. The number of carbonyl (C=O) groups excluding carboxylic acids is 3. The van der Waals surface area contributed by atoms with E-state index >= 15 is 0 Å². The molecule has 0 bridgehead atoms. The van der Waals surface area contributed by atoms with Crippen LogP contribution in [0.2, 0.25) is 0 Å². The summed E-state index contributed by atoms with van der Waals surface area (Å²) in [7, 11) is 0. The van der Waals surface area contributed by atoms with E-state index in [1.54, 1.807) is 19.9 Å². The van der Waals surface area contributed by atoms with Crippen LogP contribution in [0.25, 0.3) is 0 Å². The smallest absolute Gasteiger partial charge is 0.309 e. The molecule has 0 aromatic rings. The summed E-state index contributed by atoms with van der Waals surface area (Å²) in [6, 6.07) is 0. The predicted molar refractivity (Wildman–Crippen MR) is 122 cm³/mol. The van der Waals surface area contributed by atoms with Gasteiger partial charge in [0.15, 0.2) is 5.78 Å². The van der Waals surface area contributed by atoms with Gasteiger partial charge in [-0.15, -0.1) is 0 Å². The number of carbonyl (C=O) groups is 3. The van der Waals surface area contributed by atoms with Crippen molar-refractivity contribution in [1.82, 2.24) is 0 Å². The van der Waals surface area contributed by atoms with E-state index in [-0.39, 0.29) is 41.7 Å². The van der Waals surface area contributed by atoms with E-state index in [0.717, 1.165) is 18.4 Å². The Hall–Kier alpha value is -1.83. The van der Waals surface area contributed by atoms with Crippen molar-refractivity contribution in [3.05, 3.63) is 23.8 Å². The highest BCUT2D eigenvalue weighted by atomic mass is 16.6. The summed E-state index contributed by atoms with van der Waals surface area (Å²) in [5.41, 5.74) is -1.45. The molecule has 5 aliphatic rings. The molecule has 0 spiro atoms. The van der Waals surface area contributed by atoms with Gasteiger partial charge in [0.25, 0.3) is 0 Å². The molecule has 12 atom stereocenters. The molecular weight excluding hydrogens is 436 g/mol. The summed E-state index contributed by atoms with van der Waals surface area (Å²) in [5.74, 6) is -2.90. The molecule has 12 unspecified atom stereocenters. The predicted octanol–water partition coefficient (Wildman–Crippen LogP) is 1.98. The first kappa shape index (κ1) is 23.9. The summed E-state index contributed by atoms with van der Waals surface area (Å²) in [4.78, 5) is 38.7. The van der Waals surface area contributed by atoms with E-state index in [1.165, 1.54) is 6.92 Å². The molecule has 5 rings (SSSR count). The molecule has 186 valence electrons. The Balaban J connectivity index is 1.46. The van der Waals surface area contributed by atoms with Crippen LogP contribution in [0.4, 0.5) is 0 Å². The lowest BCUT2D eigenvalue weighted by atomic mass is 9.50. The van der Waals surface area contributed by atoms with E-state index in [2.05, 4.69) is 6.08 Å². The number of hydrogen-bond donors (Lipinski definition) is 3. The van der Waals surface area contributed by atoms with Gasteiger partial charge < -0.3 is 20.1 Å². The van der Waals surface area contributed by atoms with Crippen molar-refractivity contribution in [2.75, 3.05) is 0 Å². The highest BCUT2D eigenvalue weighted by Crippen LogP contribution is 2.61. The fourth-order valence-corrected chi connectivity index (χ4v) is 8.05. The third-order valence-electron chi connectivity index (χ3n) is 10.3. The standard InChI is InChI=1S/C27H36O7/c1-12-13(2)25(32)34-23(12)24(31)27(4,33)22-19(29)10-16-15-9-8-14-6-5-7-20(30)26(14,3)17(15)11-18(28)21(16)22/h5,7-8,12-13,15-17,19,21-24,29,31,33H,6,9-11H2,1-4H3. The number of esters is 1. The number of cyclic esters (lactones) is 1. The fourth-order valence-electron chi connectivity index (χ4n) is 8.05. The number of ketones is 2. The average Bonchev–Trinajstić information content (AvgIpc) is 3.27. The van der Waals surface area contributed by atoms with Crippen molar-refractivity contribution in [3.8, 4) is 0 Å². The molecule has 0 amide bonds. The van der Waals surface area contributed by atoms with Gasteiger partial charge in [-0.25, -0.2) is 0 Å². The molecule has 2 saturated carbocycles. The molecule has 1 aliphatic heterocycles. The number of aliphatic hydroxyl groups excluding tert-OH is 2. The van der Waals surface area contributed by atoms with Gasteiger partial charge in [-0.3, -0.25) is 14.4 Å². The minimum Gasteiger partial charge on any atom is -0.459 e. The van der Waals surface area contributed by atoms with Gasteiger partial charge in [-0.2, -0.15) is 0 Å². The van der Waals surface area contributed by atoms with Gasteiger partial charge >= 0.3 is 5.97 Å². The Kier molecular flexibility index (Phi) is 5.51. The fraction of sp³-hybridized carbons (Fsp3) is 0.741. The molecule has 1 heterocycles. The Morgan fingerprint density at radius 3 is 2.56 bits per heavy atom. The number of Topliss-reactive ketones (excluding diaryl/α,β-unsaturated/α-hetero) is 1. The number of allylic oxidation sites excluding steroid dienone is 4. The van der Waals surface area contributed by atoms with Crippen LogP contribution < -0.4 is 0 Å². The third-order valence-corrected chi connectivity index (χ3v) is 10.3. The summed E-state index contributed by atoms with van der Waals surface area (Å²) in [5, 5.41) is 33.9. The molecule has 34 heavy (non-hydrogen) atoms. The Labute approximate surface area is 200 Å². The molecule has 4 aliphatic carbocycles. The Bertz CT molecular complexity index is 979. The van der Waals surface area contributed by atoms with Crippen molar-refractivity contribution in [1.29, 1.82) is 0 Å². The SMILES string of the molecule is CC1C(=O)OC(C(O)C(C)(O)C2C(O)CC3C4CC=C5CC=CC(=O)C5(C)C4CC(=O)C32)C1C. The quantitative estimate of drug-likeness (QED) is 0.424. The van der Waals surface area contributed by atoms with Gasteiger partial charge in [0.2, 0.25) is 0 Å². The minimum atomic E-state index is -1.83. The van der Waals surface area contributed by atoms with Crippen LogP contribution in [0.5, 0.6) is 0 Å². The minimum absolute atomic E-state index is 0.0367. The molecule has 0 aromatic carbocycles. The second kappa shape index (κ2) is 7.84. The van der Waals surface area contributed by atoms with Crippen LogP contribution in [0.3, 0.4) is 0 Å². The highest BCUT2D eigenvalue weighted by Gasteiger charge is 2.65. The van der Waals surface area contributed by atoms with Crippen LogP contribution in [0, 0.1) is 46.8 Å². The number of hydrogen-bond acceptors (Lipinski definition) is 7. The largest absolute Gasteiger partial charge is 0.459 e. The maximum Gasteiger partial charge on any atom is 0.309 e. The number of ether oxygens (including phenoxy) is 1. The first-order valence-corrected chi connectivity index (χ1v) is 12.6. The molecule has 0 aromatic heterocycles. The third kappa shape index (κ3) is 3.09. The normalized spacial score (nSPS) is 48.4. The van der Waals surface area contributed by atoms with E-state index in [1.807, 2.05) is 13.0 Å². The van der Waals surface area contributed by atoms with Crippen molar-refractivity contribution >= 4 is 17.5 Å². The average molecular weight is 473 g/mol. The highest BCUT2D eigenvalue weighted by molar-refractivity contribution is 5.99. The van der Waals surface area contributed by atoms with E-state index in [9.17, 15) is 29.7 Å². The lowest BCUT2D eigenvalue weighted by Crippen LogP contribution is -2.59. The lowest BCUT2D eigenvalue weighted by molar-refractivity contribution is -0.185. The first-order chi connectivity index (χ1) is 15.9. The molecule has 7 heteroatoms. The van der Waals surface area contributed by atoms with Crippen molar-refractivity contribution in [2.24, 2.45) is 46.8 Å². The van der Waals surface area contributed by atoms with Crippen LogP contribution >= 0.6 is 0 Å². The van der Waals surface area contributed by atoms with Gasteiger partial charge in [-0.1, -0.05) is 31.6 Å². The maximum absolute atomic E-state index is 13.6. The van der Waals surface area contributed by atoms with Crippen molar-refractivity contribution in [3.63, 3.8) is 0 Å². The van der Waals surface area contributed by atoms with Crippen molar-refractivity contribution < 1.29 is 34.4 Å². The zero-order valence-corrected chi connectivity index (χ0v) is 20.3. The molecule has 0 radical (unpaired) electrons. The molecular formula is C27H36O7. The molecule has 3 fully saturated rings. The first-order valence-electron chi connectivity index (χ1n) is 12.6. The van der Waals surface area contributed by atoms with Crippen LogP contribution in [-0.4, -0.2) is 56.8 Å².